The molecule has 6 nitrogen and oxygen atoms in total. The first-order chi connectivity index (χ1) is 11.0. The Morgan fingerprint density at radius 1 is 1.33 bits per heavy atom. The smallest absolute Gasteiger partial charge is 0.265 e. The summed E-state index contributed by atoms with van der Waals surface area (Å²) in [5, 5.41) is 3.24. The van der Waals surface area contributed by atoms with Crippen molar-refractivity contribution < 1.29 is 13.2 Å². The molecule has 1 aliphatic rings. The zero-order valence-electron chi connectivity index (χ0n) is 12.9. The van der Waals surface area contributed by atoms with Crippen molar-refractivity contribution in [3.8, 4) is 5.75 Å². The van der Waals surface area contributed by atoms with Crippen LogP contribution in [-0.4, -0.2) is 27.1 Å². The van der Waals surface area contributed by atoms with Crippen molar-refractivity contribution in [3.63, 3.8) is 0 Å². The third kappa shape index (κ3) is 4.00. The van der Waals surface area contributed by atoms with Gasteiger partial charge in [-0.25, -0.2) is 8.42 Å². The quantitative estimate of drug-likeness (QED) is 0.773. The van der Waals surface area contributed by atoms with Crippen LogP contribution < -0.4 is 14.8 Å². The molecule has 0 fully saturated rings. The number of fused-ring (bicyclic) bond motifs is 1. The number of hydrogen-bond acceptors (Lipinski definition) is 5. The second-order valence-electron chi connectivity index (χ2n) is 5.16. The number of rotatable bonds is 4. The molecule has 2 heterocycles. The second-order valence-corrected chi connectivity index (χ2v) is 7.72. The van der Waals surface area contributed by atoms with Gasteiger partial charge in [0.15, 0.2) is 0 Å². The van der Waals surface area contributed by atoms with Crippen LogP contribution >= 0.6 is 28.3 Å². The maximum Gasteiger partial charge on any atom is 0.265 e. The summed E-state index contributed by atoms with van der Waals surface area (Å²) < 4.78 is 33.7. The van der Waals surface area contributed by atoms with Crippen LogP contribution in [0.3, 0.4) is 0 Å². The van der Waals surface area contributed by atoms with E-state index in [-0.39, 0.29) is 23.1 Å². The Hall–Kier alpha value is -1.35. The minimum absolute atomic E-state index is 0. The van der Waals surface area contributed by atoms with Gasteiger partial charge in [0.1, 0.15) is 10.6 Å². The number of benzene rings is 1. The van der Waals surface area contributed by atoms with Gasteiger partial charge in [-0.2, -0.15) is 0 Å². The molecule has 0 saturated heterocycles. The number of methoxy groups -OCH3 is 1. The normalized spacial score (nSPS) is 13.6. The molecule has 24 heavy (non-hydrogen) atoms. The maximum absolute atomic E-state index is 12.6. The highest BCUT2D eigenvalue weighted by Gasteiger charge is 2.21. The molecule has 130 valence electrons. The van der Waals surface area contributed by atoms with E-state index in [1.807, 2.05) is 6.07 Å². The van der Waals surface area contributed by atoms with E-state index >= 15 is 0 Å². The van der Waals surface area contributed by atoms with Crippen molar-refractivity contribution in [2.24, 2.45) is 0 Å². The van der Waals surface area contributed by atoms with Crippen LogP contribution in [0.1, 0.15) is 11.3 Å². The van der Waals surface area contributed by atoms with E-state index in [0.717, 1.165) is 24.2 Å². The summed E-state index contributed by atoms with van der Waals surface area (Å²) in [6.07, 6.45) is 2.40. The van der Waals surface area contributed by atoms with E-state index in [2.05, 4.69) is 31.0 Å². The lowest BCUT2D eigenvalue weighted by molar-refractivity contribution is 0.403. The first kappa shape index (κ1) is 19.0. The van der Waals surface area contributed by atoms with Crippen LogP contribution in [0.2, 0.25) is 0 Å². The van der Waals surface area contributed by atoms with Crippen molar-refractivity contribution in [2.45, 2.75) is 17.9 Å². The molecule has 0 bridgehead atoms. The number of nitrogens with one attached hydrogen (secondary N) is 2. The largest absolute Gasteiger partial charge is 0.495 e. The number of hydrogen-bond donors (Lipinski definition) is 2. The van der Waals surface area contributed by atoms with E-state index in [0.29, 0.717) is 16.7 Å². The van der Waals surface area contributed by atoms with Crippen LogP contribution in [-0.2, 0) is 23.0 Å². The van der Waals surface area contributed by atoms with Gasteiger partial charge in [-0.05, 0) is 29.8 Å². The molecule has 0 unspecified atom stereocenters. The van der Waals surface area contributed by atoms with Crippen molar-refractivity contribution >= 4 is 44.0 Å². The SMILES string of the molecule is COc1ccc(Br)cc1S(=O)(=O)Nc1cnc2c(c1)CNCC2.Cl. The lowest BCUT2D eigenvalue weighted by Crippen LogP contribution is -2.25. The standard InChI is InChI=1S/C15H16BrN3O3S.ClH/c1-22-14-3-2-11(16)7-15(14)23(20,21)19-12-6-10-8-17-5-4-13(10)18-9-12;/h2-3,6-7,9,17,19H,4-5,8H2,1H3;1H. The Balaban J connectivity index is 0.00000208. The molecule has 9 heteroatoms. The molecule has 0 radical (unpaired) electrons. The number of ether oxygens (including phenoxy) is 1. The molecule has 0 saturated carbocycles. The van der Waals surface area contributed by atoms with Gasteiger partial charge < -0.3 is 10.1 Å². The molecule has 2 aromatic rings. The number of sulfonamides is 1. The first-order valence-electron chi connectivity index (χ1n) is 7.04. The van der Waals surface area contributed by atoms with Crippen molar-refractivity contribution in [1.82, 2.24) is 10.3 Å². The Morgan fingerprint density at radius 2 is 2.12 bits per heavy atom. The predicted molar refractivity (Wildman–Crippen MR) is 98.4 cm³/mol. The summed E-state index contributed by atoms with van der Waals surface area (Å²) in [6.45, 7) is 1.58. The van der Waals surface area contributed by atoms with Gasteiger partial charge in [-0.3, -0.25) is 9.71 Å². The second kappa shape index (κ2) is 7.69. The monoisotopic (exact) mass is 433 g/mol. The zero-order chi connectivity index (χ0) is 16.4. The van der Waals surface area contributed by atoms with Crippen LogP contribution in [0.5, 0.6) is 5.75 Å². The Morgan fingerprint density at radius 3 is 2.88 bits per heavy atom. The van der Waals surface area contributed by atoms with Gasteiger partial charge in [0.2, 0.25) is 0 Å². The average molecular weight is 435 g/mol. The predicted octanol–water partition coefficient (Wildman–Crippen LogP) is 2.72. The fraction of sp³-hybridized carbons (Fsp3) is 0.267. The van der Waals surface area contributed by atoms with Crippen LogP contribution in [0.4, 0.5) is 5.69 Å². The van der Waals surface area contributed by atoms with Gasteiger partial charge in [-0.15, -0.1) is 12.4 Å². The lowest BCUT2D eigenvalue weighted by Gasteiger charge is -2.17. The van der Waals surface area contributed by atoms with E-state index in [4.69, 9.17) is 4.74 Å². The Kier molecular flexibility index (Phi) is 6.08. The minimum Gasteiger partial charge on any atom is -0.495 e. The number of anilines is 1. The molecular formula is C15H17BrClN3O3S. The molecule has 0 amide bonds. The first-order valence-corrected chi connectivity index (χ1v) is 9.32. The van der Waals surface area contributed by atoms with Gasteiger partial charge in [0.05, 0.1) is 19.0 Å². The summed E-state index contributed by atoms with van der Waals surface area (Å²) in [7, 11) is -2.33. The van der Waals surface area contributed by atoms with Crippen molar-refractivity contribution in [1.29, 1.82) is 0 Å². The number of aromatic nitrogens is 1. The highest BCUT2D eigenvalue weighted by molar-refractivity contribution is 9.10. The summed E-state index contributed by atoms with van der Waals surface area (Å²) in [4.78, 5) is 4.42. The molecule has 0 aliphatic carbocycles. The summed E-state index contributed by atoms with van der Waals surface area (Å²) in [5.41, 5.74) is 2.46. The average Bonchev–Trinajstić information content (AvgIpc) is 2.54. The van der Waals surface area contributed by atoms with Gasteiger partial charge >= 0.3 is 0 Å². The fourth-order valence-electron chi connectivity index (χ4n) is 2.47. The van der Waals surface area contributed by atoms with Gasteiger partial charge in [-0.1, -0.05) is 15.9 Å². The third-order valence-electron chi connectivity index (χ3n) is 3.58. The lowest BCUT2D eigenvalue weighted by atomic mass is 10.1. The summed E-state index contributed by atoms with van der Waals surface area (Å²) in [6, 6.07) is 6.66. The number of nitrogens with zero attached hydrogens (tertiary/aromatic N) is 1. The van der Waals surface area contributed by atoms with E-state index in [1.165, 1.54) is 13.2 Å². The van der Waals surface area contributed by atoms with E-state index < -0.39 is 10.0 Å². The summed E-state index contributed by atoms with van der Waals surface area (Å²) >= 11 is 3.28. The van der Waals surface area contributed by atoms with Crippen molar-refractivity contribution in [3.05, 3.63) is 46.2 Å². The summed E-state index contributed by atoms with van der Waals surface area (Å²) in [5.74, 6) is 0.285. The fourth-order valence-corrected chi connectivity index (χ4v) is 4.22. The number of halogens is 2. The van der Waals surface area contributed by atoms with Crippen LogP contribution in [0.25, 0.3) is 0 Å². The van der Waals surface area contributed by atoms with Crippen LogP contribution in [0.15, 0.2) is 39.8 Å². The molecule has 3 rings (SSSR count). The number of pyridine rings is 1. The highest BCUT2D eigenvalue weighted by atomic mass is 79.9. The molecular weight excluding hydrogens is 418 g/mol. The topological polar surface area (TPSA) is 80.3 Å². The zero-order valence-corrected chi connectivity index (χ0v) is 16.1. The van der Waals surface area contributed by atoms with Gasteiger partial charge in [0.25, 0.3) is 10.0 Å². The highest BCUT2D eigenvalue weighted by Crippen LogP contribution is 2.29. The van der Waals surface area contributed by atoms with Crippen LogP contribution in [0, 0.1) is 0 Å². The minimum atomic E-state index is -3.77. The molecule has 1 aromatic carbocycles. The van der Waals surface area contributed by atoms with E-state index in [1.54, 1.807) is 18.3 Å². The Labute approximate surface area is 155 Å². The van der Waals surface area contributed by atoms with E-state index in [9.17, 15) is 8.42 Å². The van der Waals surface area contributed by atoms with Crippen molar-refractivity contribution in [2.75, 3.05) is 18.4 Å². The molecule has 0 spiro atoms. The molecule has 0 atom stereocenters. The van der Waals surface area contributed by atoms with Gasteiger partial charge in [0, 0.05) is 29.7 Å². The molecule has 1 aromatic heterocycles. The Bertz CT molecular complexity index is 846. The molecule has 2 N–H and O–H groups in total. The third-order valence-corrected chi connectivity index (χ3v) is 5.48. The maximum atomic E-state index is 12.6. The molecule has 1 aliphatic heterocycles.